The van der Waals surface area contributed by atoms with Crippen LogP contribution < -0.4 is 9.64 Å². The van der Waals surface area contributed by atoms with Gasteiger partial charge in [0.25, 0.3) is 0 Å². The second-order valence-electron chi connectivity index (χ2n) is 7.48. The molecule has 1 aliphatic heterocycles. The van der Waals surface area contributed by atoms with Crippen molar-refractivity contribution in [3.05, 3.63) is 59.9 Å². The Bertz CT molecular complexity index is 957. The molecule has 2 aromatic rings. The van der Waals surface area contributed by atoms with Gasteiger partial charge < -0.3 is 4.74 Å². The van der Waals surface area contributed by atoms with Crippen LogP contribution in [0, 0.1) is 23.6 Å². The van der Waals surface area contributed by atoms with Crippen LogP contribution in [0.3, 0.4) is 0 Å². The summed E-state index contributed by atoms with van der Waals surface area (Å²) in [5, 5.41) is 0. The number of carbonyl (C=O) groups excluding carboxylic acids is 3. The van der Waals surface area contributed by atoms with Crippen molar-refractivity contribution in [1.82, 2.24) is 0 Å². The number of hydrogen-bond donors (Lipinski definition) is 0. The summed E-state index contributed by atoms with van der Waals surface area (Å²) in [6, 6.07) is 11.9. The van der Waals surface area contributed by atoms with E-state index in [4.69, 9.17) is 4.74 Å². The molecule has 144 valence electrons. The minimum atomic E-state index is -0.879. The van der Waals surface area contributed by atoms with Crippen molar-refractivity contribution in [2.75, 3.05) is 4.90 Å². The fourth-order valence-corrected chi connectivity index (χ4v) is 4.14. The number of para-hydroxylation sites is 2. The molecule has 0 aromatic heterocycles. The van der Waals surface area contributed by atoms with E-state index in [9.17, 15) is 18.8 Å². The molecule has 1 aliphatic carbocycles. The lowest BCUT2D eigenvalue weighted by Crippen LogP contribution is -2.31. The van der Waals surface area contributed by atoms with E-state index in [1.165, 1.54) is 30.3 Å². The van der Waals surface area contributed by atoms with Gasteiger partial charge in [0.05, 0.1) is 23.1 Å². The molecule has 4 rings (SSSR count). The molecule has 0 bridgehead atoms. The third-order valence-electron chi connectivity index (χ3n) is 5.59. The van der Waals surface area contributed by atoms with E-state index in [1.807, 2.05) is 0 Å². The SMILES string of the molecule is C[C@@H]1CC[C@H]2C(=O)N(c3ccccc3OC(=O)c3ccccc3F)C(=O)[C@@H]2C1. The van der Waals surface area contributed by atoms with Crippen LogP contribution in [0.15, 0.2) is 48.5 Å². The van der Waals surface area contributed by atoms with Crippen LogP contribution in [-0.2, 0) is 9.59 Å². The highest BCUT2D eigenvalue weighted by Gasteiger charge is 2.50. The molecule has 0 radical (unpaired) electrons. The summed E-state index contributed by atoms with van der Waals surface area (Å²) in [5.74, 6) is -2.27. The number of ether oxygens (including phenoxy) is 1. The van der Waals surface area contributed by atoms with Crippen molar-refractivity contribution in [2.24, 2.45) is 17.8 Å². The molecule has 1 saturated heterocycles. The first-order valence-corrected chi connectivity index (χ1v) is 9.41. The van der Waals surface area contributed by atoms with Gasteiger partial charge in [-0.25, -0.2) is 14.1 Å². The topological polar surface area (TPSA) is 63.7 Å². The van der Waals surface area contributed by atoms with Gasteiger partial charge in [-0.3, -0.25) is 9.59 Å². The molecule has 0 unspecified atom stereocenters. The average Bonchev–Trinajstić information content (AvgIpc) is 2.92. The monoisotopic (exact) mass is 381 g/mol. The van der Waals surface area contributed by atoms with Crippen molar-refractivity contribution in [1.29, 1.82) is 0 Å². The Morgan fingerprint density at radius 2 is 1.68 bits per heavy atom. The first-order chi connectivity index (χ1) is 13.5. The summed E-state index contributed by atoms with van der Waals surface area (Å²) in [4.78, 5) is 39.4. The van der Waals surface area contributed by atoms with Crippen molar-refractivity contribution >= 4 is 23.5 Å². The van der Waals surface area contributed by atoms with Crippen molar-refractivity contribution in [3.63, 3.8) is 0 Å². The highest BCUT2D eigenvalue weighted by Crippen LogP contribution is 2.44. The van der Waals surface area contributed by atoms with Crippen LogP contribution >= 0.6 is 0 Å². The zero-order valence-corrected chi connectivity index (χ0v) is 15.4. The predicted octanol–water partition coefficient (Wildman–Crippen LogP) is 3.97. The molecular formula is C22H20FNO4. The number of amides is 2. The van der Waals surface area contributed by atoms with E-state index in [-0.39, 0.29) is 40.7 Å². The zero-order valence-electron chi connectivity index (χ0n) is 15.4. The van der Waals surface area contributed by atoms with Crippen LogP contribution in [0.4, 0.5) is 10.1 Å². The smallest absolute Gasteiger partial charge is 0.346 e. The zero-order chi connectivity index (χ0) is 19.8. The second-order valence-corrected chi connectivity index (χ2v) is 7.48. The lowest BCUT2D eigenvalue weighted by molar-refractivity contribution is -0.122. The Labute approximate surface area is 162 Å². The molecule has 6 heteroatoms. The normalized spacial score (nSPS) is 24.2. The summed E-state index contributed by atoms with van der Waals surface area (Å²) in [6.45, 7) is 2.08. The maximum Gasteiger partial charge on any atom is 0.346 e. The molecule has 28 heavy (non-hydrogen) atoms. The Kier molecular flexibility index (Phi) is 4.71. The van der Waals surface area contributed by atoms with E-state index in [0.29, 0.717) is 18.8 Å². The molecule has 0 spiro atoms. The fourth-order valence-electron chi connectivity index (χ4n) is 4.14. The Morgan fingerprint density at radius 1 is 1.00 bits per heavy atom. The number of halogens is 1. The maximum atomic E-state index is 13.9. The lowest BCUT2D eigenvalue weighted by atomic mass is 9.76. The minimum absolute atomic E-state index is 0.0594. The molecule has 1 saturated carbocycles. The number of carbonyl (C=O) groups is 3. The van der Waals surface area contributed by atoms with Gasteiger partial charge >= 0.3 is 5.97 Å². The van der Waals surface area contributed by atoms with E-state index in [0.717, 1.165) is 11.3 Å². The molecule has 3 atom stereocenters. The third kappa shape index (κ3) is 3.09. The summed E-state index contributed by atoms with van der Waals surface area (Å²) >= 11 is 0. The van der Waals surface area contributed by atoms with Crippen molar-refractivity contribution in [2.45, 2.75) is 26.2 Å². The molecular weight excluding hydrogens is 361 g/mol. The van der Waals surface area contributed by atoms with Crippen LogP contribution in [-0.4, -0.2) is 17.8 Å². The highest BCUT2D eigenvalue weighted by molar-refractivity contribution is 6.22. The van der Waals surface area contributed by atoms with E-state index in [2.05, 4.69) is 6.92 Å². The Balaban J connectivity index is 1.65. The number of nitrogens with zero attached hydrogens (tertiary/aromatic N) is 1. The minimum Gasteiger partial charge on any atom is -0.421 e. The van der Waals surface area contributed by atoms with E-state index < -0.39 is 11.8 Å². The van der Waals surface area contributed by atoms with Gasteiger partial charge in [0.2, 0.25) is 11.8 Å². The van der Waals surface area contributed by atoms with Gasteiger partial charge in [-0.2, -0.15) is 0 Å². The lowest BCUT2D eigenvalue weighted by Gasteiger charge is -2.25. The maximum absolute atomic E-state index is 13.9. The van der Waals surface area contributed by atoms with Gasteiger partial charge in [0, 0.05) is 0 Å². The summed E-state index contributed by atoms with van der Waals surface area (Å²) in [6.07, 6.45) is 2.28. The number of rotatable bonds is 3. The number of hydrogen-bond acceptors (Lipinski definition) is 4. The number of esters is 1. The summed E-state index contributed by atoms with van der Waals surface area (Å²) in [7, 11) is 0. The quantitative estimate of drug-likeness (QED) is 0.458. The number of anilines is 1. The largest absolute Gasteiger partial charge is 0.421 e. The van der Waals surface area contributed by atoms with Crippen molar-refractivity contribution < 1.29 is 23.5 Å². The first-order valence-electron chi connectivity index (χ1n) is 9.41. The van der Waals surface area contributed by atoms with Crippen molar-refractivity contribution in [3.8, 4) is 5.75 Å². The molecule has 0 N–H and O–H groups in total. The highest BCUT2D eigenvalue weighted by atomic mass is 19.1. The molecule has 2 aliphatic rings. The Morgan fingerprint density at radius 3 is 2.46 bits per heavy atom. The third-order valence-corrected chi connectivity index (χ3v) is 5.59. The summed E-state index contributed by atoms with van der Waals surface area (Å²) < 4.78 is 19.3. The molecule has 2 fully saturated rings. The molecule has 2 amide bonds. The van der Waals surface area contributed by atoms with Gasteiger partial charge in [-0.05, 0) is 49.4 Å². The Hall–Kier alpha value is -3.02. The number of benzene rings is 2. The summed E-state index contributed by atoms with van der Waals surface area (Å²) in [5.41, 5.74) is 0.0168. The number of imide groups is 1. The van der Waals surface area contributed by atoms with Gasteiger partial charge in [0.1, 0.15) is 5.82 Å². The van der Waals surface area contributed by atoms with Crippen LogP contribution in [0.5, 0.6) is 5.75 Å². The molecule has 5 nitrogen and oxygen atoms in total. The van der Waals surface area contributed by atoms with Crippen LogP contribution in [0.25, 0.3) is 0 Å². The van der Waals surface area contributed by atoms with E-state index >= 15 is 0 Å². The van der Waals surface area contributed by atoms with Crippen LogP contribution in [0.2, 0.25) is 0 Å². The molecule has 2 aromatic carbocycles. The van der Waals surface area contributed by atoms with Gasteiger partial charge in [0.15, 0.2) is 5.75 Å². The second kappa shape index (κ2) is 7.19. The van der Waals surface area contributed by atoms with E-state index in [1.54, 1.807) is 18.2 Å². The predicted molar refractivity (Wildman–Crippen MR) is 100 cm³/mol. The number of fused-ring (bicyclic) bond motifs is 1. The standard InChI is InChI=1S/C22H20FNO4/c1-13-10-11-14-16(12-13)21(26)24(20(14)25)18-8-4-5-9-19(18)28-22(27)15-6-2-3-7-17(15)23/h2-9,13-14,16H,10-12H2,1H3/t13-,14-,16-/m1/s1. The van der Waals surface area contributed by atoms with Gasteiger partial charge in [-0.1, -0.05) is 31.2 Å². The average molecular weight is 381 g/mol. The first kappa shape index (κ1) is 18.3. The van der Waals surface area contributed by atoms with Gasteiger partial charge in [-0.15, -0.1) is 0 Å². The molecule has 1 heterocycles. The fraction of sp³-hybridized carbons (Fsp3) is 0.318. The van der Waals surface area contributed by atoms with Crippen LogP contribution in [0.1, 0.15) is 36.5 Å².